The fraction of sp³-hybridized carbons (Fsp3) is 0.778. The van der Waals surface area contributed by atoms with Crippen LogP contribution in [0, 0.1) is 29.1 Å². The van der Waals surface area contributed by atoms with E-state index in [9.17, 15) is 4.79 Å². The lowest BCUT2D eigenvalue weighted by atomic mass is 9.76. The summed E-state index contributed by atoms with van der Waals surface area (Å²) in [6.45, 7) is 2.05. The number of hydrogen-bond donors (Lipinski definition) is 0. The van der Waals surface area contributed by atoms with E-state index in [4.69, 9.17) is 10.00 Å². The van der Waals surface area contributed by atoms with Crippen LogP contribution in [0.4, 0.5) is 0 Å². The molecule has 0 aromatic rings. The fourth-order valence-corrected chi connectivity index (χ4v) is 2.17. The van der Waals surface area contributed by atoms with E-state index in [1.165, 1.54) is 0 Å². The normalized spacial score (nSPS) is 45.2. The number of nitriles is 1. The Hall–Kier alpha value is -1.04. The van der Waals surface area contributed by atoms with Gasteiger partial charge in [0.2, 0.25) is 0 Å². The summed E-state index contributed by atoms with van der Waals surface area (Å²) in [7, 11) is 0. The maximum atomic E-state index is 11.2. The molecule has 1 aliphatic heterocycles. The van der Waals surface area contributed by atoms with Crippen molar-refractivity contribution in [2.45, 2.75) is 25.9 Å². The summed E-state index contributed by atoms with van der Waals surface area (Å²) in [4.78, 5) is 11.2. The van der Waals surface area contributed by atoms with Crippen molar-refractivity contribution in [1.29, 1.82) is 5.26 Å². The highest BCUT2D eigenvalue weighted by molar-refractivity contribution is 5.75. The van der Waals surface area contributed by atoms with E-state index in [1.807, 2.05) is 6.92 Å². The topological polar surface area (TPSA) is 50.1 Å². The van der Waals surface area contributed by atoms with Crippen LogP contribution in [0.5, 0.6) is 0 Å². The summed E-state index contributed by atoms with van der Waals surface area (Å²) in [6, 6.07) is 2.19. The van der Waals surface area contributed by atoms with Crippen LogP contribution < -0.4 is 0 Å². The van der Waals surface area contributed by atoms with Crippen LogP contribution in [-0.4, -0.2) is 12.1 Å². The zero-order valence-corrected chi connectivity index (χ0v) is 6.99. The van der Waals surface area contributed by atoms with Crippen LogP contribution in [0.1, 0.15) is 19.8 Å². The molecule has 3 nitrogen and oxygen atoms in total. The first-order valence-electron chi connectivity index (χ1n) is 4.32. The van der Waals surface area contributed by atoms with Crippen LogP contribution in [0.3, 0.4) is 0 Å². The number of carbonyl (C=O) groups excluding carboxylic acids is 1. The van der Waals surface area contributed by atoms with E-state index in [0.717, 1.165) is 12.8 Å². The quantitative estimate of drug-likeness (QED) is 0.505. The molecule has 1 saturated heterocycles. The molecule has 3 heteroatoms. The standard InChI is InChI=1S/C9H11NO2/c1-5-2-6(4-10)7-3-8(5)12-9(7)11/h5-8H,2-3H2,1H3. The Morgan fingerprint density at radius 2 is 2.33 bits per heavy atom. The number of carbonyl (C=O) groups is 1. The molecule has 1 saturated carbocycles. The lowest BCUT2D eigenvalue weighted by Crippen LogP contribution is -2.27. The molecule has 1 aliphatic carbocycles. The third kappa shape index (κ3) is 0.911. The van der Waals surface area contributed by atoms with Gasteiger partial charge < -0.3 is 4.74 Å². The monoisotopic (exact) mass is 165 g/mol. The minimum Gasteiger partial charge on any atom is -0.462 e. The van der Waals surface area contributed by atoms with Crippen molar-refractivity contribution < 1.29 is 9.53 Å². The van der Waals surface area contributed by atoms with Gasteiger partial charge in [0.25, 0.3) is 0 Å². The van der Waals surface area contributed by atoms with Crippen molar-refractivity contribution in [2.24, 2.45) is 17.8 Å². The summed E-state index contributed by atoms with van der Waals surface area (Å²) >= 11 is 0. The van der Waals surface area contributed by atoms with Crippen molar-refractivity contribution in [2.75, 3.05) is 0 Å². The molecular weight excluding hydrogens is 154 g/mol. The molecule has 2 fully saturated rings. The highest BCUT2D eigenvalue weighted by Gasteiger charge is 2.47. The smallest absolute Gasteiger partial charge is 0.310 e. The average molecular weight is 165 g/mol. The third-order valence-corrected chi connectivity index (χ3v) is 2.97. The predicted octanol–water partition coefficient (Wildman–Crippen LogP) is 1.10. The Morgan fingerprint density at radius 1 is 1.58 bits per heavy atom. The highest BCUT2D eigenvalue weighted by atomic mass is 16.6. The Kier molecular flexibility index (Phi) is 1.57. The number of nitrogens with zero attached hydrogens (tertiary/aromatic N) is 1. The fourth-order valence-electron chi connectivity index (χ4n) is 2.17. The van der Waals surface area contributed by atoms with Gasteiger partial charge in [-0.3, -0.25) is 4.79 Å². The first-order chi connectivity index (χ1) is 5.72. The molecule has 4 unspecified atom stereocenters. The molecule has 64 valence electrons. The van der Waals surface area contributed by atoms with Crippen molar-refractivity contribution in [3.8, 4) is 6.07 Å². The van der Waals surface area contributed by atoms with Gasteiger partial charge in [0.05, 0.1) is 17.9 Å². The van der Waals surface area contributed by atoms with Crippen LogP contribution in [0.15, 0.2) is 0 Å². The minimum absolute atomic E-state index is 0.0899. The second kappa shape index (κ2) is 2.48. The molecule has 0 N–H and O–H groups in total. The van der Waals surface area contributed by atoms with Crippen LogP contribution in [0.2, 0.25) is 0 Å². The van der Waals surface area contributed by atoms with Crippen LogP contribution in [-0.2, 0) is 9.53 Å². The Labute approximate surface area is 71.3 Å². The molecule has 4 atom stereocenters. The SMILES string of the molecule is CC1CC(C#N)C2CC1OC2=O. The van der Waals surface area contributed by atoms with Crippen molar-refractivity contribution in [1.82, 2.24) is 0 Å². The lowest BCUT2D eigenvalue weighted by molar-refractivity contribution is -0.144. The second-order valence-electron chi connectivity index (χ2n) is 3.77. The molecule has 0 amide bonds. The van der Waals surface area contributed by atoms with Gasteiger partial charge in [-0.05, 0) is 18.8 Å². The number of hydrogen-bond acceptors (Lipinski definition) is 3. The first-order valence-corrected chi connectivity index (χ1v) is 4.32. The van der Waals surface area contributed by atoms with Gasteiger partial charge >= 0.3 is 5.97 Å². The summed E-state index contributed by atoms with van der Waals surface area (Å²) in [6.07, 6.45) is 1.67. The van der Waals surface area contributed by atoms with E-state index >= 15 is 0 Å². The molecule has 2 bridgehead atoms. The van der Waals surface area contributed by atoms with Gasteiger partial charge in [-0.2, -0.15) is 5.26 Å². The van der Waals surface area contributed by atoms with Gasteiger partial charge in [-0.25, -0.2) is 0 Å². The Balaban J connectivity index is 2.23. The summed E-state index contributed by atoms with van der Waals surface area (Å²) in [5.74, 6) is -0.0318. The molecule has 0 radical (unpaired) electrons. The van der Waals surface area contributed by atoms with Gasteiger partial charge in [-0.1, -0.05) is 6.92 Å². The van der Waals surface area contributed by atoms with E-state index in [-0.39, 0.29) is 23.9 Å². The molecule has 2 rings (SSSR count). The maximum Gasteiger partial charge on any atom is 0.310 e. The number of ether oxygens (including phenoxy) is 1. The van der Waals surface area contributed by atoms with Gasteiger partial charge in [0.15, 0.2) is 0 Å². The molecule has 0 aromatic carbocycles. The third-order valence-electron chi connectivity index (χ3n) is 2.97. The largest absolute Gasteiger partial charge is 0.462 e. The van der Waals surface area contributed by atoms with E-state index in [0.29, 0.717) is 5.92 Å². The molecule has 2 aliphatic rings. The summed E-state index contributed by atoms with van der Waals surface area (Å²) in [5, 5.41) is 8.79. The predicted molar refractivity (Wildman–Crippen MR) is 40.9 cm³/mol. The Bertz CT molecular complexity index is 256. The van der Waals surface area contributed by atoms with Crippen LogP contribution >= 0.6 is 0 Å². The van der Waals surface area contributed by atoms with E-state index in [2.05, 4.69) is 6.07 Å². The van der Waals surface area contributed by atoms with Crippen molar-refractivity contribution >= 4 is 5.97 Å². The number of rotatable bonds is 0. The zero-order chi connectivity index (χ0) is 8.72. The molecule has 12 heavy (non-hydrogen) atoms. The van der Waals surface area contributed by atoms with Gasteiger partial charge in [0, 0.05) is 0 Å². The molecule has 0 aromatic heterocycles. The van der Waals surface area contributed by atoms with Crippen molar-refractivity contribution in [3.63, 3.8) is 0 Å². The van der Waals surface area contributed by atoms with Crippen molar-refractivity contribution in [3.05, 3.63) is 0 Å². The average Bonchev–Trinajstić information content (AvgIpc) is 2.38. The second-order valence-corrected chi connectivity index (χ2v) is 3.77. The molecule has 1 heterocycles. The maximum absolute atomic E-state index is 11.2. The highest BCUT2D eigenvalue weighted by Crippen LogP contribution is 2.41. The zero-order valence-electron chi connectivity index (χ0n) is 6.99. The van der Waals surface area contributed by atoms with Gasteiger partial charge in [-0.15, -0.1) is 0 Å². The Morgan fingerprint density at radius 3 is 3.00 bits per heavy atom. The van der Waals surface area contributed by atoms with E-state index < -0.39 is 0 Å². The van der Waals surface area contributed by atoms with Gasteiger partial charge in [0.1, 0.15) is 6.10 Å². The minimum atomic E-state index is -0.157. The lowest BCUT2D eigenvalue weighted by Gasteiger charge is -2.24. The van der Waals surface area contributed by atoms with E-state index in [1.54, 1.807) is 0 Å². The number of esters is 1. The molecular formula is C9H11NO2. The first kappa shape index (κ1) is 7.60. The van der Waals surface area contributed by atoms with Crippen LogP contribution in [0.25, 0.3) is 0 Å². The summed E-state index contributed by atoms with van der Waals surface area (Å²) < 4.78 is 5.14. The number of fused-ring (bicyclic) bond motifs is 2. The summed E-state index contributed by atoms with van der Waals surface area (Å²) in [5.41, 5.74) is 0. The molecule has 0 spiro atoms.